The second-order valence-corrected chi connectivity index (χ2v) is 5.84. The molecule has 1 saturated carbocycles. The summed E-state index contributed by atoms with van der Waals surface area (Å²) in [5.74, 6) is 1.46. The molecule has 2 fully saturated rings. The van der Waals surface area contributed by atoms with Gasteiger partial charge in [-0.15, -0.1) is 0 Å². The number of hydrogen-bond donors (Lipinski definition) is 2. The highest BCUT2D eigenvalue weighted by Gasteiger charge is 2.22. The fourth-order valence-corrected chi connectivity index (χ4v) is 2.65. The van der Waals surface area contributed by atoms with E-state index < -0.39 is 0 Å². The van der Waals surface area contributed by atoms with Crippen molar-refractivity contribution in [3.8, 4) is 0 Å². The maximum atomic E-state index is 12.0. The van der Waals surface area contributed by atoms with Crippen molar-refractivity contribution in [2.24, 2.45) is 11.8 Å². The molecule has 0 aromatic carbocycles. The van der Waals surface area contributed by atoms with Crippen molar-refractivity contribution < 1.29 is 4.79 Å². The lowest BCUT2D eigenvalue weighted by Gasteiger charge is -2.21. The van der Waals surface area contributed by atoms with Gasteiger partial charge in [-0.25, -0.2) is 0 Å². The number of carbonyl (C=O) groups is 1. The lowest BCUT2D eigenvalue weighted by atomic mass is 9.94. The Kier molecular flexibility index (Phi) is 3.82. The number of nitrogens with one attached hydrogen (secondary N) is 2. The first-order valence-electron chi connectivity index (χ1n) is 7.32. The molecule has 1 saturated heterocycles. The van der Waals surface area contributed by atoms with E-state index in [-0.39, 0.29) is 5.91 Å². The zero-order chi connectivity index (χ0) is 13.1. The van der Waals surface area contributed by atoms with Crippen molar-refractivity contribution in [3.05, 3.63) is 12.4 Å². The van der Waals surface area contributed by atoms with E-state index in [1.54, 1.807) is 6.20 Å². The molecule has 0 radical (unpaired) electrons. The number of carbonyl (C=O) groups excluding carboxylic acids is 1. The summed E-state index contributed by atoms with van der Waals surface area (Å²) in [6.07, 6.45) is 9.17. The SMILES string of the molecule is O=C(CC1CCNCC1)Nc1cnn(CC2CC2)c1. The third kappa shape index (κ3) is 3.80. The zero-order valence-corrected chi connectivity index (χ0v) is 11.3. The van der Waals surface area contributed by atoms with E-state index >= 15 is 0 Å². The van der Waals surface area contributed by atoms with Crippen LogP contribution in [0.25, 0.3) is 0 Å². The summed E-state index contributed by atoms with van der Waals surface area (Å²) in [5.41, 5.74) is 0.833. The van der Waals surface area contributed by atoms with Crippen LogP contribution in [-0.2, 0) is 11.3 Å². The Bertz CT molecular complexity index is 432. The average molecular weight is 262 g/mol. The maximum absolute atomic E-state index is 12.0. The Morgan fingerprint density at radius 3 is 2.84 bits per heavy atom. The number of anilines is 1. The molecule has 0 bridgehead atoms. The fraction of sp³-hybridized carbons (Fsp3) is 0.714. The molecule has 1 aliphatic carbocycles. The van der Waals surface area contributed by atoms with E-state index in [4.69, 9.17) is 0 Å². The van der Waals surface area contributed by atoms with Crippen molar-refractivity contribution in [1.82, 2.24) is 15.1 Å². The predicted octanol–water partition coefficient (Wildman–Crippen LogP) is 1.62. The molecular formula is C14H22N4O. The van der Waals surface area contributed by atoms with Gasteiger partial charge in [-0.1, -0.05) is 0 Å². The first-order valence-corrected chi connectivity index (χ1v) is 7.32. The first-order chi connectivity index (χ1) is 9.29. The van der Waals surface area contributed by atoms with E-state index in [2.05, 4.69) is 15.7 Å². The second-order valence-electron chi connectivity index (χ2n) is 5.84. The van der Waals surface area contributed by atoms with Gasteiger partial charge < -0.3 is 10.6 Å². The third-order valence-corrected chi connectivity index (χ3v) is 3.99. The number of amides is 1. The predicted molar refractivity (Wildman–Crippen MR) is 73.8 cm³/mol. The van der Waals surface area contributed by atoms with Gasteiger partial charge in [0.2, 0.25) is 5.91 Å². The van der Waals surface area contributed by atoms with Gasteiger partial charge in [-0.05, 0) is 50.6 Å². The van der Waals surface area contributed by atoms with Gasteiger partial charge >= 0.3 is 0 Å². The van der Waals surface area contributed by atoms with E-state index in [0.717, 1.165) is 44.1 Å². The van der Waals surface area contributed by atoms with Gasteiger partial charge in [-0.3, -0.25) is 9.48 Å². The molecule has 3 rings (SSSR count). The zero-order valence-electron chi connectivity index (χ0n) is 11.3. The van der Waals surface area contributed by atoms with E-state index in [9.17, 15) is 4.79 Å². The van der Waals surface area contributed by atoms with Gasteiger partial charge in [0.05, 0.1) is 11.9 Å². The van der Waals surface area contributed by atoms with Gasteiger partial charge in [0.1, 0.15) is 0 Å². The van der Waals surface area contributed by atoms with Crippen LogP contribution in [0.1, 0.15) is 32.1 Å². The largest absolute Gasteiger partial charge is 0.323 e. The first kappa shape index (κ1) is 12.7. The van der Waals surface area contributed by atoms with Crippen LogP contribution in [0.4, 0.5) is 5.69 Å². The molecule has 2 aliphatic rings. The van der Waals surface area contributed by atoms with Crippen molar-refractivity contribution in [1.29, 1.82) is 0 Å². The summed E-state index contributed by atoms with van der Waals surface area (Å²) >= 11 is 0. The minimum Gasteiger partial charge on any atom is -0.323 e. The molecule has 19 heavy (non-hydrogen) atoms. The van der Waals surface area contributed by atoms with Crippen LogP contribution in [0, 0.1) is 11.8 Å². The fourth-order valence-electron chi connectivity index (χ4n) is 2.65. The number of aromatic nitrogens is 2. The Labute approximate surface area is 113 Å². The minimum absolute atomic E-state index is 0.123. The molecule has 1 aromatic rings. The van der Waals surface area contributed by atoms with Crippen LogP contribution in [-0.4, -0.2) is 28.8 Å². The number of piperidine rings is 1. The minimum atomic E-state index is 0.123. The Balaban J connectivity index is 1.46. The summed E-state index contributed by atoms with van der Waals surface area (Å²) in [6.45, 7) is 3.07. The van der Waals surface area contributed by atoms with Crippen molar-refractivity contribution in [3.63, 3.8) is 0 Å². The topological polar surface area (TPSA) is 59.0 Å². The highest BCUT2D eigenvalue weighted by Crippen LogP contribution is 2.30. The monoisotopic (exact) mass is 262 g/mol. The molecule has 2 N–H and O–H groups in total. The van der Waals surface area contributed by atoms with Gasteiger partial charge in [0.15, 0.2) is 0 Å². The molecular weight excluding hydrogens is 240 g/mol. The smallest absolute Gasteiger partial charge is 0.224 e. The molecule has 104 valence electrons. The average Bonchev–Trinajstić information content (AvgIpc) is 3.10. The highest BCUT2D eigenvalue weighted by atomic mass is 16.1. The number of nitrogens with zero attached hydrogens (tertiary/aromatic N) is 2. The molecule has 5 nitrogen and oxygen atoms in total. The summed E-state index contributed by atoms with van der Waals surface area (Å²) < 4.78 is 1.94. The molecule has 0 atom stereocenters. The van der Waals surface area contributed by atoms with Crippen molar-refractivity contribution in [2.45, 2.75) is 38.6 Å². The summed E-state index contributed by atoms with van der Waals surface area (Å²) in [5, 5.41) is 10.6. The van der Waals surface area contributed by atoms with Crippen LogP contribution in [0.15, 0.2) is 12.4 Å². The lowest BCUT2D eigenvalue weighted by Crippen LogP contribution is -2.30. The van der Waals surface area contributed by atoms with Crippen LogP contribution in [0.2, 0.25) is 0 Å². The number of rotatable bonds is 5. The molecule has 2 heterocycles. The molecule has 0 spiro atoms. The summed E-state index contributed by atoms with van der Waals surface area (Å²) in [4.78, 5) is 12.0. The summed E-state index contributed by atoms with van der Waals surface area (Å²) in [6, 6.07) is 0. The maximum Gasteiger partial charge on any atom is 0.224 e. The van der Waals surface area contributed by atoms with Crippen molar-refractivity contribution >= 4 is 11.6 Å². The van der Waals surface area contributed by atoms with Crippen LogP contribution < -0.4 is 10.6 Å². The molecule has 0 unspecified atom stereocenters. The second kappa shape index (κ2) is 5.74. The van der Waals surface area contributed by atoms with Gasteiger partial charge in [0, 0.05) is 19.2 Å². The quantitative estimate of drug-likeness (QED) is 0.847. The molecule has 1 aliphatic heterocycles. The van der Waals surface area contributed by atoms with Crippen molar-refractivity contribution in [2.75, 3.05) is 18.4 Å². The van der Waals surface area contributed by atoms with Gasteiger partial charge in [0.25, 0.3) is 0 Å². The Hall–Kier alpha value is -1.36. The van der Waals surface area contributed by atoms with Gasteiger partial charge in [-0.2, -0.15) is 5.10 Å². The third-order valence-electron chi connectivity index (χ3n) is 3.99. The molecule has 1 aromatic heterocycles. The molecule has 5 heteroatoms. The highest BCUT2D eigenvalue weighted by molar-refractivity contribution is 5.90. The summed E-state index contributed by atoms with van der Waals surface area (Å²) in [7, 11) is 0. The normalized spacial score (nSPS) is 20.4. The van der Waals surface area contributed by atoms with E-state index in [0.29, 0.717) is 12.3 Å². The van der Waals surface area contributed by atoms with Crippen LogP contribution in [0.3, 0.4) is 0 Å². The van der Waals surface area contributed by atoms with E-state index in [1.165, 1.54) is 12.8 Å². The standard InChI is InChI=1S/C14H22N4O/c19-14(7-11-3-5-15-6-4-11)17-13-8-16-18(10-13)9-12-1-2-12/h8,10-12,15H,1-7,9H2,(H,17,19). The van der Waals surface area contributed by atoms with Crippen LogP contribution in [0.5, 0.6) is 0 Å². The molecule has 1 amide bonds. The Morgan fingerprint density at radius 2 is 2.11 bits per heavy atom. The number of hydrogen-bond acceptors (Lipinski definition) is 3. The lowest BCUT2D eigenvalue weighted by molar-refractivity contribution is -0.117. The van der Waals surface area contributed by atoms with E-state index in [1.807, 2.05) is 10.9 Å². The van der Waals surface area contributed by atoms with Crippen LogP contribution >= 0.6 is 0 Å². The Morgan fingerprint density at radius 1 is 1.32 bits per heavy atom.